The molecule has 0 aromatic rings. The number of rotatable bonds is 3. The minimum Gasteiger partial charge on any atom is -0.368 e. The summed E-state index contributed by atoms with van der Waals surface area (Å²) in [4.78, 5) is 12.9. The summed E-state index contributed by atoms with van der Waals surface area (Å²) >= 11 is 0. The molecule has 0 unspecified atom stereocenters. The van der Waals surface area contributed by atoms with E-state index in [-0.39, 0.29) is 19.5 Å². The highest BCUT2D eigenvalue weighted by atomic mass is 19.3. The largest absolute Gasteiger partial charge is 0.368 e. The quantitative estimate of drug-likeness (QED) is 0.777. The van der Waals surface area contributed by atoms with Crippen molar-refractivity contribution in [2.45, 2.75) is 38.7 Å². The molecule has 0 bridgehead atoms. The van der Waals surface area contributed by atoms with Gasteiger partial charge in [-0.2, -0.15) is 0 Å². The minimum atomic E-state index is -2.60. The van der Waals surface area contributed by atoms with Crippen LogP contribution in [-0.2, 0) is 4.79 Å². The molecule has 5 heteroatoms. The summed E-state index contributed by atoms with van der Waals surface area (Å²) in [5, 5.41) is 0. The molecule has 1 aliphatic rings. The maximum atomic E-state index is 13.2. The first kappa shape index (κ1) is 12.4. The van der Waals surface area contributed by atoms with Crippen molar-refractivity contribution in [3.05, 3.63) is 0 Å². The second kappa shape index (κ2) is 4.43. The lowest BCUT2D eigenvalue weighted by Crippen LogP contribution is -2.53. The summed E-state index contributed by atoms with van der Waals surface area (Å²) < 4.78 is 26.4. The van der Waals surface area contributed by atoms with Gasteiger partial charge < -0.3 is 5.73 Å². The third-order valence-corrected chi connectivity index (χ3v) is 3.12. The highest BCUT2D eigenvalue weighted by Gasteiger charge is 2.43. The summed E-state index contributed by atoms with van der Waals surface area (Å²) in [7, 11) is 0. The van der Waals surface area contributed by atoms with Crippen LogP contribution in [-0.4, -0.2) is 35.9 Å². The van der Waals surface area contributed by atoms with Crippen molar-refractivity contribution < 1.29 is 13.6 Å². The Morgan fingerprint density at radius 3 is 2.67 bits per heavy atom. The standard InChI is InChI=1S/C10H18F2N2O/c1-3-8(9(13)15)14-5-4-10(11,12)7(2)6-14/h7-8H,3-6H2,1-2H3,(H2,13,15)/t7-,8-/m1/s1. The van der Waals surface area contributed by atoms with Gasteiger partial charge in [0.15, 0.2) is 0 Å². The maximum absolute atomic E-state index is 13.2. The summed E-state index contributed by atoms with van der Waals surface area (Å²) in [5.74, 6) is -3.73. The lowest BCUT2D eigenvalue weighted by molar-refractivity contribution is -0.132. The predicted octanol–water partition coefficient (Wildman–Crippen LogP) is 1.23. The highest BCUT2D eigenvalue weighted by Crippen LogP contribution is 2.33. The molecule has 1 saturated heterocycles. The van der Waals surface area contributed by atoms with Gasteiger partial charge in [-0.25, -0.2) is 8.78 Å². The fourth-order valence-electron chi connectivity index (χ4n) is 2.04. The number of carbonyl (C=O) groups excluding carboxylic acids is 1. The van der Waals surface area contributed by atoms with Crippen molar-refractivity contribution in [1.82, 2.24) is 4.90 Å². The van der Waals surface area contributed by atoms with Crippen LogP contribution in [0, 0.1) is 5.92 Å². The molecule has 2 N–H and O–H groups in total. The number of nitrogens with two attached hydrogens (primary N) is 1. The number of amides is 1. The summed E-state index contributed by atoms with van der Waals surface area (Å²) in [6.45, 7) is 3.85. The topological polar surface area (TPSA) is 46.3 Å². The Hall–Kier alpha value is -0.710. The number of likely N-dealkylation sites (tertiary alicyclic amines) is 1. The molecule has 2 atom stereocenters. The second-order valence-electron chi connectivity index (χ2n) is 4.23. The summed E-state index contributed by atoms with van der Waals surface area (Å²) in [6.07, 6.45) is 0.394. The van der Waals surface area contributed by atoms with Crippen LogP contribution in [0.15, 0.2) is 0 Å². The Bertz CT molecular complexity index is 246. The van der Waals surface area contributed by atoms with Crippen LogP contribution in [0.2, 0.25) is 0 Å². The molecule has 0 saturated carbocycles. The zero-order chi connectivity index (χ0) is 11.6. The molecular formula is C10H18F2N2O. The Morgan fingerprint density at radius 2 is 2.27 bits per heavy atom. The Morgan fingerprint density at radius 1 is 1.67 bits per heavy atom. The number of alkyl halides is 2. The van der Waals surface area contributed by atoms with Crippen LogP contribution in [0.1, 0.15) is 26.7 Å². The van der Waals surface area contributed by atoms with Crippen molar-refractivity contribution in [2.75, 3.05) is 13.1 Å². The lowest BCUT2D eigenvalue weighted by Gasteiger charge is -2.39. The monoisotopic (exact) mass is 220 g/mol. The normalized spacial score (nSPS) is 28.7. The van der Waals surface area contributed by atoms with E-state index in [2.05, 4.69) is 0 Å². The fraction of sp³-hybridized carbons (Fsp3) is 0.900. The van der Waals surface area contributed by atoms with Crippen LogP contribution in [0.25, 0.3) is 0 Å². The van der Waals surface area contributed by atoms with Crippen LogP contribution in [0.5, 0.6) is 0 Å². The number of hydrogen-bond donors (Lipinski definition) is 1. The third kappa shape index (κ3) is 2.65. The molecule has 0 aliphatic carbocycles. The first-order valence-corrected chi connectivity index (χ1v) is 5.29. The molecule has 1 aliphatic heterocycles. The molecule has 0 aromatic heterocycles. The van der Waals surface area contributed by atoms with Crippen molar-refractivity contribution in [3.8, 4) is 0 Å². The average molecular weight is 220 g/mol. The van der Waals surface area contributed by atoms with Crippen LogP contribution in [0.3, 0.4) is 0 Å². The molecule has 1 rings (SSSR count). The molecule has 15 heavy (non-hydrogen) atoms. The van der Waals surface area contributed by atoms with Gasteiger partial charge in [0.2, 0.25) is 5.91 Å². The van der Waals surface area contributed by atoms with Crippen molar-refractivity contribution in [1.29, 1.82) is 0 Å². The van der Waals surface area contributed by atoms with Gasteiger partial charge >= 0.3 is 0 Å². The van der Waals surface area contributed by atoms with Crippen LogP contribution < -0.4 is 5.73 Å². The molecule has 88 valence electrons. The number of hydrogen-bond acceptors (Lipinski definition) is 2. The molecule has 1 fully saturated rings. The third-order valence-electron chi connectivity index (χ3n) is 3.12. The van der Waals surface area contributed by atoms with E-state index in [1.807, 2.05) is 6.92 Å². The lowest BCUT2D eigenvalue weighted by atomic mass is 9.94. The molecular weight excluding hydrogens is 202 g/mol. The van der Waals surface area contributed by atoms with Crippen LogP contribution in [0.4, 0.5) is 8.78 Å². The van der Waals surface area contributed by atoms with E-state index in [1.165, 1.54) is 6.92 Å². The van der Waals surface area contributed by atoms with E-state index in [0.717, 1.165) is 0 Å². The number of carbonyl (C=O) groups is 1. The number of primary amides is 1. The van der Waals surface area contributed by atoms with E-state index in [0.29, 0.717) is 6.42 Å². The summed E-state index contributed by atoms with van der Waals surface area (Å²) in [5.41, 5.74) is 5.22. The zero-order valence-corrected chi connectivity index (χ0v) is 9.17. The van der Waals surface area contributed by atoms with Crippen molar-refractivity contribution in [3.63, 3.8) is 0 Å². The fourth-order valence-corrected chi connectivity index (χ4v) is 2.04. The molecule has 1 heterocycles. The molecule has 0 radical (unpaired) electrons. The molecule has 1 amide bonds. The van der Waals surface area contributed by atoms with Gasteiger partial charge in [0.05, 0.1) is 6.04 Å². The van der Waals surface area contributed by atoms with Gasteiger partial charge in [0.25, 0.3) is 5.92 Å². The van der Waals surface area contributed by atoms with E-state index in [4.69, 9.17) is 5.73 Å². The van der Waals surface area contributed by atoms with E-state index in [9.17, 15) is 13.6 Å². The van der Waals surface area contributed by atoms with E-state index in [1.54, 1.807) is 4.90 Å². The van der Waals surface area contributed by atoms with Crippen molar-refractivity contribution >= 4 is 5.91 Å². The van der Waals surface area contributed by atoms with Gasteiger partial charge in [0, 0.05) is 25.4 Å². The SMILES string of the molecule is CC[C@H](C(N)=O)N1CCC(F)(F)[C@H](C)C1. The van der Waals surface area contributed by atoms with Crippen LogP contribution >= 0.6 is 0 Å². The smallest absolute Gasteiger partial charge is 0.253 e. The Balaban J connectivity index is 2.64. The first-order chi connectivity index (χ1) is 6.88. The number of halogens is 2. The minimum absolute atomic E-state index is 0.183. The molecule has 3 nitrogen and oxygen atoms in total. The molecule has 0 spiro atoms. The van der Waals surface area contributed by atoms with Gasteiger partial charge in [-0.15, -0.1) is 0 Å². The number of nitrogens with zero attached hydrogens (tertiary/aromatic N) is 1. The van der Waals surface area contributed by atoms with Crippen molar-refractivity contribution in [2.24, 2.45) is 11.7 Å². The van der Waals surface area contributed by atoms with Gasteiger partial charge in [0.1, 0.15) is 0 Å². The first-order valence-electron chi connectivity index (χ1n) is 5.29. The van der Waals surface area contributed by atoms with Gasteiger partial charge in [-0.3, -0.25) is 9.69 Å². The van der Waals surface area contributed by atoms with Gasteiger partial charge in [-0.1, -0.05) is 13.8 Å². The van der Waals surface area contributed by atoms with E-state index < -0.39 is 23.8 Å². The second-order valence-corrected chi connectivity index (χ2v) is 4.23. The Kier molecular flexibility index (Phi) is 3.65. The predicted molar refractivity (Wildman–Crippen MR) is 53.6 cm³/mol. The highest BCUT2D eigenvalue weighted by molar-refractivity contribution is 5.79. The summed E-state index contributed by atoms with van der Waals surface area (Å²) in [6, 6.07) is -0.399. The average Bonchev–Trinajstić information content (AvgIpc) is 2.12. The Labute approximate surface area is 88.6 Å². The molecule has 0 aromatic carbocycles. The maximum Gasteiger partial charge on any atom is 0.253 e. The van der Waals surface area contributed by atoms with E-state index >= 15 is 0 Å². The zero-order valence-electron chi connectivity index (χ0n) is 9.17. The number of piperidine rings is 1. The van der Waals surface area contributed by atoms with Gasteiger partial charge in [-0.05, 0) is 6.42 Å².